The Kier molecular flexibility index (Phi) is 7.05. The number of carbonyl (C=O) groups is 1. The lowest BCUT2D eigenvalue weighted by molar-refractivity contribution is -0.116. The van der Waals surface area contributed by atoms with Crippen LogP contribution in [0.1, 0.15) is 24.8 Å². The summed E-state index contributed by atoms with van der Waals surface area (Å²) in [6.07, 6.45) is 2.31. The number of benzene rings is 2. The molecule has 1 fully saturated rings. The van der Waals surface area contributed by atoms with Gasteiger partial charge in [0, 0.05) is 29.6 Å². The number of rotatable bonds is 7. The molecule has 3 rings (SSSR count). The first-order valence-electron chi connectivity index (χ1n) is 9.23. The van der Waals surface area contributed by atoms with Crippen molar-refractivity contribution in [2.24, 2.45) is 0 Å². The summed E-state index contributed by atoms with van der Waals surface area (Å²) in [5.41, 5.74) is 1.13. The second-order valence-electron chi connectivity index (χ2n) is 6.76. The van der Waals surface area contributed by atoms with E-state index in [2.05, 4.69) is 5.32 Å². The molecule has 1 aliphatic heterocycles. The van der Waals surface area contributed by atoms with Crippen molar-refractivity contribution in [3.8, 4) is 5.75 Å². The maximum atomic E-state index is 12.8. The third-order valence-corrected chi connectivity index (χ3v) is 7.27. The summed E-state index contributed by atoms with van der Waals surface area (Å²) < 4.78 is 32.3. The third-order valence-electron chi connectivity index (χ3n) is 4.78. The van der Waals surface area contributed by atoms with E-state index in [1.165, 1.54) is 23.5 Å². The highest BCUT2D eigenvalue weighted by Crippen LogP contribution is 2.30. The van der Waals surface area contributed by atoms with Crippen LogP contribution in [-0.2, 0) is 21.2 Å². The number of ether oxygens (including phenoxy) is 1. The monoisotopic (exact) mass is 456 g/mol. The minimum Gasteiger partial charge on any atom is -0.495 e. The summed E-state index contributed by atoms with van der Waals surface area (Å²) in [5, 5.41) is 3.78. The van der Waals surface area contributed by atoms with Gasteiger partial charge in [-0.2, -0.15) is 4.31 Å². The number of hydrogen-bond acceptors (Lipinski definition) is 4. The van der Waals surface area contributed by atoms with Gasteiger partial charge in [0.2, 0.25) is 15.9 Å². The van der Waals surface area contributed by atoms with Gasteiger partial charge >= 0.3 is 0 Å². The SMILES string of the molecule is COc1ccc(S(=O)(=O)N2CCCC2)cc1NC(=O)CCc1ccc(Cl)cc1Cl. The molecule has 1 amide bonds. The van der Waals surface area contributed by atoms with Crippen LogP contribution in [0.15, 0.2) is 41.3 Å². The highest BCUT2D eigenvalue weighted by atomic mass is 35.5. The fourth-order valence-electron chi connectivity index (χ4n) is 3.21. The smallest absolute Gasteiger partial charge is 0.243 e. The first kappa shape index (κ1) is 21.9. The average molecular weight is 457 g/mol. The van der Waals surface area contributed by atoms with Crippen LogP contribution >= 0.6 is 23.2 Å². The Bertz CT molecular complexity index is 1010. The Morgan fingerprint density at radius 1 is 1.14 bits per heavy atom. The standard InChI is InChI=1S/C20H22Cl2N2O4S/c1-28-19-8-7-16(29(26,27)24-10-2-3-11-24)13-18(19)23-20(25)9-5-14-4-6-15(21)12-17(14)22/h4,6-8,12-13H,2-3,5,9-11H2,1H3,(H,23,25). The molecule has 0 radical (unpaired) electrons. The van der Waals surface area contributed by atoms with Crippen LogP contribution in [0.3, 0.4) is 0 Å². The number of nitrogens with zero attached hydrogens (tertiary/aromatic N) is 1. The topological polar surface area (TPSA) is 75.7 Å². The normalized spacial score (nSPS) is 14.7. The third kappa shape index (κ3) is 5.22. The molecular formula is C20H22Cl2N2O4S. The number of methoxy groups -OCH3 is 1. The van der Waals surface area contributed by atoms with E-state index in [9.17, 15) is 13.2 Å². The molecule has 29 heavy (non-hydrogen) atoms. The highest BCUT2D eigenvalue weighted by molar-refractivity contribution is 7.89. The van der Waals surface area contributed by atoms with Crippen molar-refractivity contribution >= 4 is 44.8 Å². The van der Waals surface area contributed by atoms with Gasteiger partial charge in [0.15, 0.2) is 0 Å². The first-order valence-corrected chi connectivity index (χ1v) is 11.4. The summed E-state index contributed by atoms with van der Waals surface area (Å²) in [6, 6.07) is 9.62. The fourth-order valence-corrected chi connectivity index (χ4v) is 5.25. The van der Waals surface area contributed by atoms with Gasteiger partial charge in [-0.05, 0) is 55.2 Å². The number of nitrogens with one attached hydrogen (secondary N) is 1. The van der Waals surface area contributed by atoms with Crippen LogP contribution < -0.4 is 10.1 Å². The van der Waals surface area contributed by atoms with E-state index in [4.69, 9.17) is 27.9 Å². The summed E-state index contributed by atoms with van der Waals surface area (Å²) in [4.78, 5) is 12.6. The van der Waals surface area contributed by atoms with E-state index in [0.717, 1.165) is 18.4 Å². The Morgan fingerprint density at radius 2 is 1.86 bits per heavy atom. The van der Waals surface area contributed by atoms with Crippen LogP contribution in [0.25, 0.3) is 0 Å². The molecule has 0 saturated carbocycles. The first-order chi connectivity index (χ1) is 13.8. The van der Waals surface area contributed by atoms with Crippen molar-refractivity contribution in [1.82, 2.24) is 4.31 Å². The van der Waals surface area contributed by atoms with Gasteiger partial charge in [-0.3, -0.25) is 4.79 Å². The maximum absolute atomic E-state index is 12.8. The van der Waals surface area contributed by atoms with Crippen LogP contribution in [0.5, 0.6) is 5.75 Å². The molecule has 6 nitrogen and oxygen atoms in total. The molecule has 9 heteroatoms. The van der Waals surface area contributed by atoms with E-state index in [1.54, 1.807) is 24.3 Å². The maximum Gasteiger partial charge on any atom is 0.243 e. The van der Waals surface area contributed by atoms with Crippen molar-refractivity contribution in [3.63, 3.8) is 0 Å². The second kappa shape index (κ2) is 9.34. The van der Waals surface area contributed by atoms with Crippen LogP contribution in [-0.4, -0.2) is 38.8 Å². The quantitative estimate of drug-likeness (QED) is 0.671. The van der Waals surface area contributed by atoms with Gasteiger partial charge in [-0.1, -0.05) is 29.3 Å². The summed E-state index contributed by atoms with van der Waals surface area (Å²) >= 11 is 12.0. The molecule has 0 bridgehead atoms. The minimum atomic E-state index is -3.59. The van der Waals surface area contributed by atoms with Crippen molar-refractivity contribution in [1.29, 1.82) is 0 Å². The molecule has 0 aromatic heterocycles. The van der Waals surface area contributed by atoms with Crippen molar-refractivity contribution < 1.29 is 17.9 Å². The lowest BCUT2D eigenvalue weighted by atomic mass is 10.1. The van der Waals surface area contributed by atoms with Gasteiger partial charge in [-0.25, -0.2) is 8.42 Å². The number of hydrogen-bond donors (Lipinski definition) is 1. The summed E-state index contributed by atoms with van der Waals surface area (Å²) in [5.74, 6) is 0.119. The number of halogens is 2. The van der Waals surface area contributed by atoms with E-state index < -0.39 is 10.0 Å². The molecule has 2 aromatic rings. The Labute approximate surface area is 180 Å². The van der Waals surface area contributed by atoms with Crippen LogP contribution in [0, 0.1) is 0 Å². The number of sulfonamides is 1. The van der Waals surface area contributed by atoms with Crippen LogP contribution in [0.4, 0.5) is 5.69 Å². The van der Waals surface area contributed by atoms with Crippen molar-refractivity contribution in [3.05, 3.63) is 52.0 Å². The van der Waals surface area contributed by atoms with Crippen LogP contribution in [0.2, 0.25) is 10.0 Å². The zero-order valence-electron chi connectivity index (χ0n) is 16.0. The molecule has 0 aliphatic carbocycles. The predicted octanol–water partition coefficient (Wildman–Crippen LogP) is 4.36. The van der Waals surface area contributed by atoms with E-state index in [1.807, 2.05) is 0 Å². The number of aryl methyl sites for hydroxylation is 1. The second-order valence-corrected chi connectivity index (χ2v) is 9.54. The molecule has 1 aliphatic rings. The summed E-state index contributed by atoms with van der Waals surface area (Å²) in [6.45, 7) is 1.02. The Balaban J connectivity index is 1.74. The lowest BCUT2D eigenvalue weighted by Crippen LogP contribution is -2.28. The molecule has 2 aromatic carbocycles. The highest BCUT2D eigenvalue weighted by Gasteiger charge is 2.28. The zero-order chi connectivity index (χ0) is 21.0. The zero-order valence-corrected chi connectivity index (χ0v) is 18.3. The van der Waals surface area contributed by atoms with E-state index in [0.29, 0.717) is 41.0 Å². The number of carbonyl (C=O) groups excluding carboxylic acids is 1. The average Bonchev–Trinajstić information content (AvgIpc) is 3.23. The predicted molar refractivity (Wildman–Crippen MR) is 114 cm³/mol. The van der Waals surface area contributed by atoms with Gasteiger partial charge in [-0.15, -0.1) is 0 Å². The van der Waals surface area contributed by atoms with Crippen molar-refractivity contribution in [2.45, 2.75) is 30.6 Å². The largest absolute Gasteiger partial charge is 0.495 e. The lowest BCUT2D eigenvalue weighted by Gasteiger charge is -2.17. The van der Waals surface area contributed by atoms with E-state index >= 15 is 0 Å². The molecule has 156 valence electrons. The Hall–Kier alpha value is -1.80. The minimum absolute atomic E-state index is 0.135. The molecule has 0 atom stereocenters. The number of anilines is 1. The number of amides is 1. The molecular weight excluding hydrogens is 435 g/mol. The molecule has 0 unspecified atom stereocenters. The fraction of sp³-hybridized carbons (Fsp3) is 0.350. The molecule has 1 heterocycles. The molecule has 1 saturated heterocycles. The molecule has 0 spiro atoms. The van der Waals surface area contributed by atoms with Gasteiger partial charge in [0.05, 0.1) is 17.7 Å². The summed E-state index contributed by atoms with van der Waals surface area (Å²) in [7, 11) is -2.13. The van der Waals surface area contributed by atoms with Gasteiger partial charge < -0.3 is 10.1 Å². The van der Waals surface area contributed by atoms with E-state index in [-0.39, 0.29) is 17.2 Å². The molecule has 1 N–H and O–H groups in total. The Morgan fingerprint density at radius 3 is 2.52 bits per heavy atom. The van der Waals surface area contributed by atoms with Gasteiger partial charge in [0.1, 0.15) is 5.75 Å². The van der Waals surface area contributed by atoms with Crippen molar-refractivity contribution in [2.75, 3.05) is 25.5 Å². The van der Waals surface area contributed by atoms with Gasteiger partial charge in [0.25, 0.3) is 0 Å².